The Morgan fingerprint density at radius 2 is 1.82 bits per heavy atom. The maximum absolute atomic E-state index is 8.99. The molecular weight excluding hydrogens is 244 g/mol. The van der Waals surface area contributed by atoms with Crippen LogP contribution in [-0.2, 0) is 0 Å². The van der Waals surface area contributed by atoms with Crippen LogP contribution < -0.4 is 10.2 Å². The largest absolute Gasteiger partial charge is 0.497 e. The van der Waals surface area contributed by atoms with Gasteiger partial charge in [0.1, 0.15) is 11.5 Å². The van der Waals surface area contributed by atoms with Gasteiger partial charge in [-0.05, 0) is 38.1 Å². The Hall–Kier alpha value is -1.30. The molecule has 0 amide bonds. The topological polar surface area (TPSA) is 74.1 Å². The van der Waals surface area contributed by atoms with Crippen molar-refractivity contribution in [1.29, 1.82) is 0 Å². The summed E-state index contributed by atoms with van der Waals surface area (Å²) in [6, 6.07) is 7.03. The Balaban J connectivity index is 0.00000256. The molecule has 0 fully saturated rings. The number of rotatable bonds is 4. The molecule has 17 heavy (non-hydrogen) atoms. The van der Waals surface area contributed by atoms with Crippen LogP contribution in [0.5, 0.6) is 5.75 Å². The van der Waals surface area contributed by atoms with E-state index in [2.05, 4.69) is 10.6 Å². The number of methoxy groups -OCH3 is 1. The summed E-state index contributed by atoms with van der Waals surface area (Å²) in [6.45, 7) is 3.40. The van der Waals surface area contributed by atoms with Gasteiger partial charge in [-0.15, -0.1) is 12.4 Å². The lowest BCUT2D eigenvalue weighted by Crippen LogP contribution is -2.45. The van der Waals surface area contributed by atoms with E-state index in [1.165, 1.54) is 0 Å². The normalized spacial score (nSPS) is 11.9. The fourth-order valence-corrected chi connectivity index (χ4v) is 1.35. The molecular formula is C11H17ClN2O3. The first-order valence-electron chi connectivity index (χ1n) is 4.83. The zero-order valence-electron chi connectivity index (χ0n) is 9.97. The number of nitrogens with one attached hydrogen (secondary N) is 1. The molecule has 3 N–H and O–H groups in total. The third-order valence-corrected chi connectivity index (χ3v) is 2.33. The minimum atomic E-state index is -0.830. The summed E-state index contributed by atoms with van der Waals surface area (Å²) >= 11 is 0. The lowest BCUT2D eigenvalue weighted by Gasteiger charge is -2.23. The molecule has 0 aliphatic rings. The molecule has 0 saturated carbocycles. The number of hydroxylamine groups is 1. The van der Waals surface area contributed by atoms with Gasteiger partial charge in [0, 0.05) is 5.56 Å². The van der Waals surface area contributed by atoms with Crippen molar-refractivity contribution < 1.29 is 15.2 Å². The summed E-state index contributed by atoms with van der Waals surface area (Å²) in [7, 11) is 1.58. The minimum Gasteiger partial charge on any atom is -0.497 e. The van der Waals surface area contributed by atoms with Gasteiger partial charge in [0.15, 0.2) is 0 Å². The fraction of sp³-hybridized carbons (Fsp3) is 0.364. The monoisotopic (exact) mass is 260 g/mol. The fourth-order valence-electron chi connectivity index (χ4n) is 1.35. The van der Waals surface area contributed by atoms with Crippen LogP contribution in [0.2, 0.25) is 0 Å². The second-order valence-electron chi connectivity index (χ2n) is 3.91. The first kappa shape index (κ1) is 15.7. The molecule has 0 unspecified atom stereocenters. The first-order valence-corrected chi connectivity index (χ1v) is 4.83. The predicted molar refractivity (Wildman–Crippen MR) is 67.6 cm³/mol. The molecule has 0 atom stereocenters. The summed E-state index contributed by atoms with van der Waals surface area (Å²) in [5, 5.41) is 21.2. The Kier molecular flexibility index (Phi) is 5.95. The number of hydrogen-bond donors (Lipinski definition) is 3. The van der Waals surface area contributed by atoms with Crippen LogP contribution in [-0.4, -0.2) is 28.8 Å². The van der Waals surface area contributed by atoms with Crippen molar-refractivity contribution in [2.75, 3.05) is 7.11 Å². The minimum absolute atomic E-state index is 0. The molecule has 0 radical (unpaired) electrons. The van der Waals surface area contributed by atoms with E-state index in [4.69, 9.17) is 15.2 Å². The molecule has 0 bridgehead atoms. The number of hydrogen-bond acceptors (Lipinski definition) is 5. The number of benzene rings is 1. The van der Waals surface area contributed by atoms with Crippen molar-refractivity contribution >= 4 is 18.1 Å². The quantitative estimate of drug-likeness (QED) is 0.440. The summed E-state index contributed by atoms with van der Waals surface area (Å²) in [5.41, 5.74) is 2.32. The summed E-state index contributed by atoms with van der Waals surface area (Å²) in [5.74, 6) is 0.718. The van der Waals surface area contributed by atoms with Crippen molar-refractivity contribution in [2.24, 2.45) is 5.16 Å². The lowest BCUT2D eigenvalue weighted by atomic mass is 9.93. The SMILES string of the molecule is COc1ccc(C(=NO)C(C)(C)NO)cc1.Cl. The molecule has 1 aromatic rings. The number of halogens is 1. The highest BCUT2D eigenvalue weighted by Gasteiger charge is 2.26. The molecule has 0 heterocycles. The van der Waals surface area contributed by atoms with Gasteiger partial charge < -0.3 is 15.2 Å². The van der Waals surface area contributed by atoms with Gasteiger partial charge in [0.25, 0.3) is 0 Å². The predicted octanol–water partition coefficient (Wildman–Crippen LogP) is 2.05. The molecule has 0 aliphatic heterocycles. The van der Waals surface area contributed by atoms with Crippen LogP contribution in [0.1, 0.15) is 19.4 Å². The van der Waals surface area contributed by atoms with Crippen LogP contribution in [0.25, 0.3) is 0 Å². The van der Waals surface area contributed by atoms with E-state index < -0.39 is 5.54 Å². The molecule has 0 aliphatic carbocycles. The molecule has 0 saturated heterocycles. The van der Waals surface area contributed by atoms with Crippen molar-refractivity contribution in [3.63, 3.8) is 0 Å². The van der Waals surface area contributed by atoms with Crippen molar-refractivity contribution in [3.8, 4) is 5.75 Å². The second-order valence-corrected chi connectivity index (χ2v) is 3.91. The van der Waals surface area contributed by atoms with E-state index in [0.717, 1.165) is 5.75 Å². The summed E-state index contributed by atoms with van der Waals surface area (Å²) < 4.78 is 5.03. The zero-order chi connectivity index (χ0) is 12.2. The van der Waals surface area contributed by atoms with Gasteiger partial charge >= 0.3 is 0 Å². The van der Waals surface area contributed by atoms with Crippen LogP contribution in [0.3, 0.4) is 0 Å². The highest BCUT2D eigenvalue weighted by molar-refractivity contribution is 6.06. The molecule has 6 heteroatoms. The van der Waals surface area contributed by atoms with E-state index in [1.54, 1.807) is 45.2 Å². The highest BCUT2D eigenvalue weighted by Crippen LogP contribution is 2.17. The van der Waals surface area contributed by atoms with Gasteiger partial charge in [0.2, 0.25) is 0 Å². The van der Waals surface area contributed by atoms with Crippen molar-refractivity contribution in [3.05, 3.63) is 29.8 Å². The number of ether oxygens (including phenoxy) is 1. The van der Waals surface area contributed by atoms with Gasteiger partial charge in [0.05, 0.1) is 12.6 Å². The average Bonchev–Trinajstić information content (AvgIpc) is 2.30. The third-order valence-electron chi connectivity index (χ3n) is 2.33. The Labute approximate surface area is 106 Å². The second kappa shape index (κ2) is 6.44. The smallest absolute Gasteiger partial charge is 0.118 e. The van der Waals surface area contributed by atoms with E-state index in [-0.39, 0.29) is 12.4 Å². The van der Waals surface area contributed by atoms with Gasteiger partial charge in [-0.3, -0.25) is 0 Å². The average molecular weight is 261 g/mol. The molecule has 1 aromatic carbocycles. The van der Waals surface area contributed by atoms with Crippen LogP contribution >= 0.6 is 12.4 Å². The Bertz CT molecular complexity index is 377. The van der Waals surface area contributed by atoms with Crippen LogP contribution in [0.4, 0.5) is 0 Å². The van der Waals surface area contributed by atoms with E-state index in [9.17, 15) is 0 Å². The standard InChI is InChI=1S/C11H16N2O3.ClH/c1-11(2,13-15)10(12-14)8-4-6-9(16-3)7-5-8;/h4-7,13-15H,1-3H3;1H. The van der Waals surface area contributed by atoms with Crippen LogP contribution in [0.15, 0.2) is 29.4 Å². The van der Waals surface area contributed by atoms with Crippen LogP contribution in [0, 0.1) is 0 Å². The lowest BCUT2D eigenvalue weighted by molar-refractivity contribution is 0.113. The Morgan fingerprint density at radius 3 is 2.18 bits per heavy atom. The van der Waals surface area contributed by atoms with E-state index >= 15 is 0 Å². The van der Waals surface area contributed by atoms with E-state index in [0.29, 0.717) is 11.3 Å². The maximum atomic E-state index is 8.99. The molecule has 5 nitrogen and oxygen atoms in total. The van der Waals surface area contributed by atoms with Gasteiger partial charge in [-0.25, -0.2) is 0 Å². The van der Waals surface area contributed by atoms with Crippen molar-refractivity contribution in [1.82, 2.24) is 5.48 Å². The third kappa shape index (κ3) is 3.59. The maximum Gasteiger partial charge on any atom is 0.118 e. The molecule has 1 rings (SSSR count). The van der Waals surface area contributed by atoms with Gasteiger partial charge in [-0.1, -0.05) is 5.16 Å². The number of oxime groups is 1. The van der Waals surface area contributed by atoms with Gasteiger partial charge in [-0.2, -0.15) is 5.48 Å². The van der Waals surface area contributed by atoms with E-state index in [1.807, 2.05) is 0 Å². The zero-order valence-corrected chi connectivity index (χ0v) is 10.8. The molecule has 96 valence electrons. The van der Waals surface area contributed by atoms with Crippen molar-refractivity contribution in [2.45, 2.75) is 19.4 Å². The highest BCUT2D eigenvalue weighted by atomic mass is 35.5. The Morgan fingerprint density at radius 1 is 1.29 bits per heavy atom. The molecule has 0 aromatic heterocycles. The summed E-state index contributed by atoms with van der Waals surface area (Å²) in [4.78, 5) is 0. The summed E-state index contributed by atoms with van der Waals surface area (Å²) in [6.07, 6.45) is 0. The molecule has 0 spiro atoms. The first-order chi connectivity index (χ1) is 7.55. The number of nitrogens with zero attached hydrogens (tertiary/aromatic N) is 1.